The van der Waals surface area contributed by atoms with Crippen LogP contribution in [0.4, 0.5) is 5.95 Å². The van der Waals surface area contributed by atoms with Gasteiger partial charge in [-0.05, 0) is 70.0 Å². The third kappa shape index (κ3) is 6.55. The Kier molecular flexibility index (Phi) is 8.72. The molecule has 0 radical (unpaired) electrons. The van der Waals surface area contributed by atoms with Crippen molar-refractivity contribution in [3.63, 3.8) is 0 Å². The van der Waals surface area contributed by atoms with Crippen LogP contribution >= 0.6 is 0 Å². The fourth-order valence-electron chi connectivity index (χ4n) is 4.64. The summed E-state index contributed by atoms with van der Waals surface area (Å²) >= 11 is 0. The lowest BCUT2D eigenvalue weighted by Gasteiger charge is -2.30. The van der Waals surface area contributed by atoms with E-state index in [0.717, 1.165) is 40.8 Å². The number of nitrogens with zero attached hydrogens (tertiary/aromatic N) is 4. The molecule has 2 aromatic carbocycles. The zero-order valence-corrected chi connectivity index (χ0v) is 22.5. The van der Waals surface area contributed by atoms with Gasteiger partial charge < -0.3 is 15.6 Å². The molecule has 8 heteroatoms. The molecular formula is C30H35N7O. The number of carbonyl (C=O) groups excluding carboxylic acids is 1. The van der Waals surface area contributed by atoms with E-state index < -0.39 is 0 Å². The largest absolute Gasteiger partial charge is 0.360 e. The molecule has 4 rings (SSSR count). The summed E-state index contributed by atoms with van der Waals surface area (Å²) in [6.07, 6.45) is 4.14. The van der Waals surface area contributed by atoms with Gasteiger partial charge in [-0.15, -0.1) is 0 Å². The molecule has 1 amide bonds. The normalized spacial score (nSPS) is 11.3. The van der Waals surface area contributed by atoms with Crippen molar-refractivity contribution < 1.29 is 4.79 Å². The second-order valence-electron chi connectivity index (χ2n) is 9.89. The zero-order chi connectivity index (χ0) is 27.1. The minimum absolute atomic E-state index is 0.123. The first kappa shape index (κ1) is 26.8. The Morgan fingerprint density at radius 1 is 1.05 bits per heavy atom. The monoisotopic (exact) mass is 509 g/mol. The van der Waals surface area contributed by atoms with E-state index >= 15 is 0 Å². The Morgan fingerprint density at radius 2 is 1.82 bits per heavy atom. The van der Waals surface area contributed by atoms with Crippen molar-refractivity contribution >= 4 is 22.8 Å². The van der Waals surface area contributed by atoms with Gasteiger partial charge in [-0.2, -0.15) is 5.26 Å². The number of amides is 1. The number of hydrogen-bond acceptors (Lipinski definition) is 6. The van der Waals surface area contributed by atoms with E-state index in [1.807, 2.05) is 48.5 Å². The van der Waals surface area contributed by atoms with E-state index in [-0.39, 0.29) is 5.91 Å². The lowest BCUT2D eigenvalue weighted by molar-refractivity contribution is 0.0954. The highest BCUT2D eigenvalue weighted by Gasteiger charge is 2.13. The van der Waals surface area contributed by atoms with E-state index in [4.69, 9.17) is 0 Å². The van der Waals surface area contributed by atoms with Crippen LogP contribution < -0.4 is 10.6 Å². The number of aromatic nitrogens is 3. The molecule has 38 heavy (non-hydrogen) atoms. The number of anilines is 1. The number of fused-ring (bicyclic) bond motifs is 1. The highest BCUT2D eigenvalue weighted by molar-refractivity contribution is 5.94. The molecule has 0 aliphatic rings. The van der Waals surface area contributed by atoms with Crippen molar-refractivity contribution in [3.8, 4) is 17.3 Å². The third-order valence-corrected chi connectivity index (χ3v) is 6.64. The highest BCUT2D eigenvalue weighted by Crippen LogP contribution is 2.20. The van der Waals surface area contributed by atoms with Gasteiger partial charge in [0.15, 0.2) is 0 Å². The van der Waals surface area contributed by atoms with Crippen molar-refractivity contribution in [2.24, 2.45) is 0 Å². The fraction of sp³-hybridized carbons (Fsp3) is 0.333. The summed E-state index contributed by atoms with van der Waals surface area (Å²) in [5.41, 5.74) is 4.95. The molecule has 2 heterocycles. The van der Waals surface area contributed by atoms with Crippen LogP contribution in [0.15, 0.2) is 60.9 Å². The van der Waals surface area contributed by atoms with Gasteiger partial charge in [0.05, 0.1) is 11.3 Å². The first-order valence-electron chi connectivity index (χ1n) is 13.1. The summed E-state index contributed by atoms with van der Waals surface area (Å²) in [6.45, 7) is 11.0. The summed E-state index contributed by atoms with van der Waals surface area (Å²) in [5.74, 6) is 0.471. The maximum Gasteiger partial charge on any atom is 0.251 e. The van der Waals surface area contributed by atoms with E-state index in [0.29, 0.717) is 42.1 Å². The average molecular weight is 510 g/mol. The number of H-pyrrole nitrogens is 1. The molecule has 2 aromatic heterocycles. The van der Waals surface area contributed by atoms with Crippen LogP contribution in [0.3, 0.4) is 0 Å². The lowest BCUT2D eigenvalue weighted by atomic mass is 10.1. The molecule has 0 fully saturated rings. The van der Waals surface area contributed by atoms with Gasteiger partial charge in [0.2, 0.25) is 5.95 Å². The molecule has 4 aromatic rings. The van der Waals surface area contributed by atoms with Crippen LogP contribution in [-0.4, -0.2) is 57.5 Å². The zero-order valence-electron chi connectivity index (χ0n) is 22.5. The first-order chi connectivity index (χ1) is 18.4. The molecule has 0 saturated carbocycles. The summed E-state index contributed by atoms with van der Waals surface area (Å²) in [6, 6.07) is 18.4. The van der Waals surface area contributed by atoms with E-state index in [9.17, 15) is 10.1 Å². The van der Waals surface area contributed by atoms with Crippen molar-refractivity contribution in [1.82, 2.24) is 25.2 Å². The molecule has 8 nitrogen and oxygen atoms in total. The Bertz CT molecular complexity index is 1410. The van der Waals surface area contributed by atoms with Crippen LogP contribution in [0, 0.1) is 11.3 Å². The molecule has 196 valence electrons. The number of carbonyl (C=O) groups is 1. The van der Waals surface area contributed by atoms with Gasteiger partial charge in [0, 0.05) is 66.1 Å². The molecule has 0 saturated heterocycles. The van der Waals surface area contributed by atoms with Gasteiger partial charge in [-0.1, -0.05) is 18.2 Å². The molecule has 3 N–H and O–H groups in total. The van der Waals surface area contributed by atoms with Gasteiger partial charge in [0.25, 0.3) is 5.91 Å². The van der Waals surface area contributed by atoms with Crippen molar-refractivity contribution in [1.29, 1.82) is 5.26 Å². The van der Waals surface area contributed by atoms with E-state index in [1.54, 1.807) is 12.4 Å². The number of aromatic amines is 1. The van der Waals surface area contributed by atoms with Gasteiger partial charge in [0.1, 0.15) is 6.07 Å². The molecule has 0 aliphatic heterocycles. The van der Waals surface area contributed by atoms with Crippen molar-refractivity contribution in [2.75, 3.05) is 25.0 Å². The highest BCUT2D eigenvalue weighted by atomic mass is 16.1. The topological polar surface area (TPSA) is 110 Å². The Balaban J connectivity index is 1.31. The average Bonchev–Trinajstić information content (AvgIpc) is 3.33. The standard InChI is InChI=1S/C30H35N7O/c1-20(2)37(21(3)4)16-15-34-30-33-14-12-27(36-30)23-6-8-24(9-7-23)29(38)32-13-11-22-5-10-28-26(17-22)25(18-31)19-35-28/h5-10,12,14,17,19-21,35H,11,13,15-16H2,1-4H3,(H,32,38)(H,33,34,36). The minimum atomic E-state index is -0.123. The van der Waals surface area contributed by atoms with Gasteiger partial charge >= 0.3 is 0 Å². The Labute approximate surface area is 224 Å². The Morgan fingerprint density at radius 3 is 2.53 bits per heavy atom. The van der Waals surface area contributed by atoms with Crippen LogP contribution in [0.2, 0.25) is 0 Å². The maximum absolute atomic E-state index is 12.7. The number of nitriles is 1. The predicted molar refractivity (Wildman–Crippen MR) is 152 cm³/mol. The summed E-state index contributed by atoms with van der Waals surface area (Å²) in [5, 5.41) is 16.5. The van der Waals surface area contributed by atoms with Gasteiger partial charge in [-0.3, -0.25) is 9.69 Å². The quantitative estimate of drug-likeness (QED) is 0.262. The van der Waals surface area contributed by atoms with Gasteiger partial charge in [-0.25, -0.2) is 9.97 Å². The van der Waals surface area contributed by atoms with Crippen LogP contribution in [-0.2, 0) is 6.42 Å². The molecular weight excluding hydrogens is 474 g/mol. The lowest BCUT2D eigenvalue weighted by Crippen LogP contribution is -2.40. The first-order valence-corrected chi connectivity index (χ1v) is 13.1. The van der Waals surface area contributed by atoms with E-state index in [1.165, 1.54) is 0 Å². The van der Waals surface area contributed by atoms with E-state index in [2.05, 4.69) is 64.2 Å². The molecule has 0 aliphatic carbocycles. The SMILES string of the molecule is CC(C)N(CCNc1nccc(-c2ccc(C(=O)NCCc3ccc4[nH]cc(C#N)c4c3)cc2)n1)C(C)C. The summed E-state index contributed by atoms with van der Waals surface area (Å²) in [7, 11) is 0. The fourth-order valence-corrected chi connectivity index (χ4v) is 4.64. The number of rotatable bonds is 11. The number of hydrogen-bond donors (Lipinski definition) is 3. The molecule has 0 atom stereocenters. The maximum atomic E-state index is 12.7. The van der Waals surface area contributed by atoms with Crippen molar-refractivity contribution in [2.45, 2.75) is 46.2 Å². The summed E-state index contributed by atoms with van der Waals surface area (Å²) < 4.78 is 0. The third-order valence-electron chi connectivity index (χ3n) is 6.64. The van der Waals surface area contributed by atoms with Crippen LogP contribution in [0.1, 0.15) is 49.2 Å². The van der Waals surface area contributed by atoms with Crippen molar-refractivity contribution in [3.05, 3.63) is 77.6 Å². The minimum Gasteiger partial charge on any atom is -0.360 e. The van der Waals surface area contributed by atoms with Crippen LogP contribution in [0.25, 0.3) is 22.2 Å². The molecule has 0 bridgehead atoms. The molecule has 0 unspecified atom stereocenters. The number of nitrogens with one attached hydrogen (secondary N) is 3. The second kappa shape index (κ2) is 12.3. The summed E-state index contributed by atoms with van der Waals surface area (Å²) in [4.78, 5) is 27.2. The Hall–Kier alpha value is -4.22. The second-order valence-corrected chi connectivity index (χ2v) is 9.89. The molecule has 0 spiro atoms. The number of benzene rings is 2. The predicted octanol–water partition coefficient (Wildman–Crippen LogP) is 5.00. The smallest absolute Gasteiger partial charge is 0.251 e. The van der Waals surface area contributed by atoms with Crippen LogP contribution in [0.5, 0.6) is 0 Å².